The van der Waals surface area contributed by atoms with Crippen LogP contribution < -0.4 is 16.6 Å². The van der Waals surface area contributed by atoms with E-state index >= 15 is 0 Å². The number of nitrogen functional groups attached to an aromatic ring is 1. The van der Waals surface area contributed by atoms with Gasteiger partial charge in [0.15, 0.2) is 0 Å². The topological polar surface area (TPSA) is 139 Å². The molecule has 0 bridgehead atoms. The molecule has 3 aromatic rings. The van der Waals surface area contributed by atoms with Crippen LogP contribution in [0.15, 0.2) is 35.5 Å². The lowest BCUT2D eigenvalue weighted by Crippen LogP contribution is -2.31. The molecule has 1 fully saturated rings. The average molecular weight is 382 g/mol. The third-order valence-corrected chi connectivity index (χ3v) is 4.99. The molecule has 146 valence electrons. The van der Waals surface area contributed by atoms with E-state index in [0.717, 1.165) is 24.6 Å². The Morgan fingerprint density at radius 2 is 2.07 bits per heavy atom. The van der Waals surface area contributed by atoms with Crippen LogP contribution >= 0.6 is 0 Å². The summed E-state index contributed by atoms with van der Waals surface area (Å²) in [6.45, 7) is -0.395. The molecule has 1 saturated carbocycles. The van der Waals surface area contributed by atoms with Gasteiger partial charge in [0.2, 0.25) is 5.95 Å². The number of pyridine rings is 2. The summed E-state index contributed by atoms with van der Waals surface area (Å²) in [6, 6.07) is 3.89. The number of fused-ring (bicyclic) bond motifs is 1. The van der Waals surface area contributed by atoms with Gasteiger partial charge in [-0.1, -0.05) is 0 Å². The van der Waals surface area contributed by atoms with Crippen molar-refractivity contribution in [1.82, 2.24) is 19.5 Å². The van der Waals surface area contributed by atoms with Gasteiger partial charge in [-0.05, 0) is 36.8 Å². The van der Waals surface area contributed by atoms with Crippen molar-refractivity contribution in [1.29, 1.82) is 0 Å². The summed E-state index contributed by atoms with van der Waals surface area (Å²) < 4.78 is 1.39. The van der Waals surface area contributed by atoms with E-state index in [9.17, 15) is 9.90 Å². The van der Waals surface area contributed by atoms with Gasteiger partial charge in [-0.25, -0.2) is 15.0 Å². The number of aromatic nitrogens is 4. The molecule has 1 atom stereocenters. The molecule has 3 heterocycles. The zero-order chi connectivity index (χ0) is 19.7. The molecule has 0 aromatic carbocycles. The fourth-order valence-electron chi connectivity index (χ4n) is 3.20. The van der Waals surface area contributed by atoms with Gasteiger partial charge >= 0.3 is 0 Å². The monoisotopic (exact) mass is 382 g/mol. The molecule has 28 heavy (non-hydrogen) atoms. The Kier molecular flexibility index (Phi) is 4.93. The molecule has 1 aliphatic carbocycles. The molecule has 4 rings (SSSR count). The van der Waals surface area contributed by atoms with Crippen LogP contribution in [0.2, 0.25) is 0 Å². The summed E-state index contributed by atoms with van der Waals surface area (Å²) in [5.74, 6) is 0.689. The van der Waals surface area contributed by atoms with Crippen molar-refractivity contribution in [3.8, 4) is 11.3 Å². The van der Waals surface area contributed by atoms with E-state index in [1.165, 1.54) is 4.57 Å². The number of anilines is 2. The normalized spacial score (nSPS) is 15.4. The summed E-state index contributed by atoms with van der Waals surface area (Å²) in [5.41, 5.74) is 6.64. The van der Waals surface area contributed by atoms with E-state index in [4.69, 9.17) is 10.8 Å². The first-order valence-corrected chi connectivity index (χ1v) is 9.22. The Morgan fingerprint density at radius 3 is 2.71 bits per heavy atom. The summed E-state index contributed by atoms with van der Waals surface area (Å²) in [6.07, 6.45) is 7.02. The number of rotatable bonds is 6. The van der Waals surface area contributed by atoms with E-state index in [1.54, 1.807) is 24.7 Å². The van der Waals surface area contributed by atoms with Crippen LogP contribution in [0.5, 0.6) is 0 Å². The van der Waals surface area contributed by atoms with E-state index in [2.05, 4.69) is 20.3 Å². The van der Waals surface area contributed by atoms with E-state index in [0.29, 0.717) is 22.5 Å². The highest BCUT2D eigenvalue weighted by atomic mass is 16.3. The van der Waals surface area contributed by atoms with Gasteiger partial charge in [-0.3, -0.25) is 4.79 Å². The maximum Gasteiger partial charge on any atom is 0.262 e. The number of hydrogen-bond donors (Lipinski definition) is 4. The summed E-state index contributed by atoms with van der Waals surface area (Å²) in [5, 5.41) is 23.4. The van der Waals surface area contributed by atoms with Gasteiger partial charge in [0, 0.05) is 30.2 Å². The van der Waals surface area contributed by atoms with Gasteiger partial charge in [0.1, 0.15) is 5.82 Å². The molecule has 5 N–H and O–H groups in total. The first kappa shape index (κ1) is 18.3. The largest absolute Gasteiger partial charge is 0.394 e. The highest BCUT2D eigenvalue weighted by Gasteiger charge is 2.21. The molecule has 9 heteroatoms. The van der Waals surface area contributed by atoms with E-state index in [-0.39, 0.29) is 24.1 Å². The summed E-state index contributed by atoms with van der Waals surface area (Å²) >= 11 is 0. The van der Waals surface area contributed by atoms with E-state index in [1.807, 2.05) is 6.07 Å². The number of aliphatic hydroxyl groups is 2. The lowest BCUT2D eigenvalue weighted by atomic mass is 9.93. The van der Waals surface area contributed by atoms with Gasteiger partial charge in [0.05, 0.1) is 30.3 Å². The second kappa shape index (κ2) is 7.53. The van der Waals surface area contributed by atoms with Crippen molar-refractivity contribution in [2.45, 2.75) is 38.0 Å². The second-order valence-corrected chi connectivity index (χ2v) is 7.03. The fourth-order valence-corrected chi connectivity index (χ4v) is 3.20. The molecule has 0 spiro atoms. The standard InChI is InChI=1S/C19H22N6O3/c20-19-21-7-12(8-22-19)15-6-11-4-5-25(9-14(27)10-26)18(28)16(11)17(24-15)23-13-2-1-3-13/h4-8,13-14,26-27H,1-3,9-10H2,(H,23,24)(H2,20,21,22)/t14-/m0/s1. The summed E-state index contributed by atoms with van der Waals surface area (Å²) in [4.78, 5) is 25.7. The number of nitrogens with zero attached hydrogens (tertiary/aromatic N) is 4. The van der Waals surface area contributed by atoms with Crippen molar-refractivity contribution >= 4 is 22.5 Å². The molecule has 0 unspecified atom stereocenters. The Bertz CT molecular complexity index is 1050. The highest BCUT2D eigenvalue weighted by molar-refractivity contribution is 5.94. The minimum atomic E-state index is -1.00. The third kappa shape index (κ3) is 3.54. The number of hydrogen-bond acceptors (Lipinski definition) is 8. The molecule has 0 amide bonds. The molecule has 0 saturated heterocycles. The van der Waals surface area contributed by atoms with Crippen molar-refractivity contribution < 1.29 is 10.2 Å². The molecular formula is C19H22N6O3. The predicted molar refractivity (Wildman–Crippen MR) is 106 cm³/mol. The number of nitrogens with two attached hydrogens (primary N) is 1. The SMILES string of the molecule is Nc1ncc(-c2cc3ccn(C[C@H](O)CO)c(=O)c3c(NC3CCC3)n2)cn1. The maximum absolute atomic E-state index is 13.0. The zero-order valence-corrected chi connectivity index (χ0v) is 15.2. The van der Waals surface area contributed by atoms with Gasteiger partial charge in [0.25, 0.3) is 5.56 Å². The van der Waals surface area contributed by atoms with Crippen molar-refractivity contribution in [3.05, 3.63) is 41.1 Å². The van der Waals surface area contributed by atoms with Gasteiger partial charge in [-0.2, -0.15) is 0 Å². The Labute approximate surface area is 160 Å². The fraction of sp³-hybridized carbons (Fsp3) is 0.368. The molecule has 3 aromatic heterocycles. The van der Waals surface area contributed by atoms with Crippen LogP contribution in [-0.2, 0) is 6.54 Å². The number of nitrogens with one attached hydrogen (secondary N) is 1. The average Bonchev–Trinajstić information content (AvgIpc) is 2.67. The van der Waals surface area contributed by atoms with Crippen LogP contribution in [-0.4, -0.2) is 48.5 Å². The minimum Gasteiger partial charge on any atom is -0.394 e. The van der Waals surface area contributed by atoms with Crippen molar-refractivity contribution in [2.24, 2.45) is 0 Å². The van der Waals surface area contributed by atoms with Gasteiger partial charge < -0.3 is 25.8 Å². The third-order valence-electron chi connectivity index (χ3n) is 4.99. The Hall–Kier alpha value is -3.04. The zero-order valence-electron chi connectivity index (χ0n) is 15.2. The Balaban J connectivity index is 1.85. The second-order valence-electron chi connectivity index (χ2n) is 7.03. The van der Waals surface area contributed by atoms with Gasteiger partial charge in [-0.15, -0.1) is 0 Å². The lowest BCUT2D eigenvalue weighted by molar-refractivity contribution is 0.0805. The van der Waals surface area contributed by atoms with Crippen LogP contribution in [0, 0.1) is 0 Å². The van der Waals surface area contributed by atoms with Crippen LogP contribution in [0.4, 0.5) is 11.8 Å². The van der Waals surface area contributed by atoms with E-state index < -0.39 is 12.7 Å². The first-order chi connectivity index (χ1) is 13.5. The smallest absolute Gasteiger partial charge is 0.262 e. The quantitative estimate of drug-likeness (QED) is 0.490. The highest BCUT2D eigenvalue weighted by Crippen LogP contribution is 2.29. The van der Waals surface area contributed by atoms with Crippen LogP contribution in [0.3, 0.4) is 0 Å². The Morgan fingerprint density at radius 1 is 1.32 bits per heavy atom. The molecular weight excluding hydrogens is 360 g/mol. The minimum absolute atomic E-state index is 0.0156. The van der Waals surface area contributed by atoms with Crippen molar-refractivity contribution in [2.75, 3.05) is 17.7 Å². The first-order valence-electron chi connectivity index (χ1n) is 9.22. The van der Waals surface area contributed by atoms with Crippen molar-refractivity contribution in [3.63, 3.8) is 0 Å². The maximum atomic E-state index is 13.0. The van der Waals surface area contributed by atoms with Crippen LogP contribution in [0.25, 0.3) is 22.0 Å². The molecule has 9 nitrogen and oxygen atoms in total. The predicted octanol–water partition coefficient (Wildman–Crippen LogP) is 0.753. The molecule has 0 radical (unpaired) electrons. The molecule has 0 aliphatic heterocycles. The lowest BCUT2D eigenvalue weighted by Gasteiger charge is -2.27. The molecule has 1 aliphatic rings. The number of aliphatic hydroxyl groups excluding tert-OH is 2. The summed E-state index contributed by atoms with van der Waals surface area (Å²) in [7, 11) is 0. The van der Waals surface area contributed by atoms with Crippen LogP contribution in [0.1, 0.15) is 19.3 Å².